The average Bonchev–Trinajstić information content (AvgIpc) is 2.67. The number of rotatable bonds is 3. The van der Waals surface area contributed by atoms with E-state index < -0.39 is 11.6 Å². The molecule has 150 valence electrons. The summed E-state index contributed by atoms with van der Waals surface area (Å²) in [6.07, 6.45) is 4.50. The lowest BCUT2D eigenvalue weighted by Gasteiger charge is -2.34. The van der Waals surface area contributed by atoms with E-state index in [2.05, 4.69) is 15.3 Å². The summed E-state index contributed by atoms with van der Waals surface area (Å²) in [5.41, 5.74) is 2.29. The summed E-state index contributed by atoms with van der Waals surface area (Å²) in [4.78, 5) is 24.0. The number of anilines is 2. The number of hydrogen-bond acceptors (Lipinski definition) is 4. The number of aryl methyl sites for hydroxylation is 1. The molecule has 1 unspecified atom stereocenters. The highest BCUT2D eigenvalue weighted by Crippen LogP contribution is 2.31. The number of nitrogens with zero attached hydrogens (tertiary/aromatic N) is 3. The van der Waals surface area contributed by atoms with Gasteiger partial charge in [-0.2, -0.15) is 0 Å². The molecular formula is C22H22F2N4O. The number of benzene rings is 1. The van der Waals surface area contributed by atoms with Crippen molar-refractivity contribution in [2.75, 3.05) is 11.9 Å². The number of carbonyl (C=O) groups excluding carboxylic acids is 1. The van der Waals surface area contributed by atoms with E-state index in [0.717, 1.165) is 31.0 Å². The third-order valence-electron chi connectivity index (χ3n) is 5.30. The van der Waals surface area contributed by atoms with E-state index in [-0.39, 0.29) is 17.6 Å². The summed E-state index contributed by atoms with van der Waals surface area (Å²) in [6, 6.07) is 6.95. The van der Waals surface area contributed by atoms with Gasteiger partial charge in [-0.1, -0.05) is 0 Å². The molecule has 0 spiro atoms. The Bertz CT molecular complexity index is 1070. The molecule has 5 nitrogen and oxygen atoms in total. The Morgan fingerprint density at radius 1 is 1.17 bits per heavy atom. The van der Waals surface area contributed by atoms with Crippen molar-refractivity contribution in [3.63, 3.8) is 0 Å². The number of likely N-dealkylation sites (tertiary alicyclic amines) is 1. The number of pyridine rings is 2. The molecule has 4 rings (SSSR count). The monoisotopic (exact) mass is 396 g/mol. The second-order valence-electron chi connectivity index (χ2n) is 7.50. The van der Waals surface area contributed by atoms with Gasteiger partial charge in [0.25, 0.3) is 5.91 Å². The SMILES string of the molecule is Cc1ccc2c(Nc3cc(F)cc(F)c3)c(C(=O)N3CCCCC3C)cnc2n1. The first-order chi connectivity index (χ1) is 13.9. The van der Waals surface area contributed by atoms with Crippen LogP contribution in [-0.4, -0.2) is 33.4 Å². The molecule has 0 saturated carbocycles. The molecule has 1 N–H and O–H groups in total. The minimum atomic E-state index is -0.697. The molecule has 0 aliphatic carbocycles. The summed E-state index contributed by atoms with van der Waals surface area (Å²) < 4.78 is 27.4. The van der Waals surface area contributed by atoms with Crippen molar-refractivity contribution < 1.29 is 13.6 Å². The quantitative estimate of drug-likeness (QED) is 0.679. The van der Waals surface area contributed by atoms with Crippen molar-refractivity contribution in [2.24, 2.45) is 0 Å². The predicted molar refractivity (Wildman–Crippen MR) is 108 cm³/mol. The van der Waals surface area contributed by atoms with E-state index in [4.69, 9.17) is 0 Å². The summed E-state index contributed by atoms with van der Waals surface area (Å²) >= 11 is 0. The highest BCUT2D eigenvalue weighted by atomic mass is 19.1. The van der Waals surface area contributed by atoms with Crippen LogP contribution in [0.25, 0.3) is 11.0 Å². The van der Waals surface area contributed by atoms with Crippen molar-refractivity contribution in [1.82, 2.24) is 14.9 Å². The van der Waals surface area contributed by atoms with Crippen molar-refractivity contribution in [2.45, 2.75) is 39.2 Å². The first kappa shape index (κ1) is 19.2. The van der Waals surface area contributed by atoms with Crippen LogP contribution in [0.3, 0.4) is 0 Å². The third-order valence-corrected chi connectivity index (χ3v) is 5.30. The standard InChI is InChI=1S/C22H22F2N4O/c1-13-6-7-18-20(27-17-10-15(23)9-16(24)11-17)19(12-25-21(18)26-13)22(29)28-8-4-3-5-14(28)2/h6-7,9-12,14H,3-5,8H2,1-2H3,(H,25,26,27). The molecule has 29 heavy (non-hydrogen) atoms. The first-order valence-corrected chi connectivity index (χ1v) is 9.73. The number of nitrogens with one attached hydrogen (secondary N) is 1. The smallest absolute Gasteiger partial charge is 0.257 e. The van der Waals surface area contributed by atoms with Gasteiger partial charge in [0.05, 0.1) is 11.3 Å². The van der Waals surface area contributed by atoms with Gasteiger partial charge >= 0.3 is 0 Å². The van der Waals surface area contributed by atoms with Gasteiger partial charge in [-0.05, 0) is 57.4 Å². The average molecular weight is 396 g/mol. The highest BCUT2D eigenvalue weighted by Gasteiger charge is 2.27. The maximum atomic E-state index is 13.7. The van der Waals surface area contributed by atoms with Crippen LogP contribution in [0.2, 0.25) is 0 Å². The Kier molecular flexibility index (Phi) is 5.13. The van der Waals surface area contributed by atoms with Gasteiger partial charge in [0.2, 0.25) is 0 Å². The fourth-order valence-electron chi connectivity index (χ4n) is 3.79. The molecule has 2 aromatic heterocycles. The van der Waals surface area contributed by atoms with Gasteiger partial charge in [0, 0.05) is 41.6 Å². The Morgan fingerprint density at radius 3 is 2.66 bits per heavy atom. The van der Waals surface area contributed by atoms with Gasteiger partial charge in [0.1, 0.15) is 11.6 Å². The Labute approximate surface area is 167 Å². The summed E-state index contributed by atoms with van der Waals surface area (Å²) in [5.74, 6) is -1.54. The largest absolute Gasteiger partial charge is 0.354 e. The van der Waals surface area contributed by atoms with E-state index in [0.29, 0.717) is 28.8 Å². The van der Waals surface area contributed by atoms with Gasteiger partial charge in [0.15, 0.2) is 5.65 Å². The van der Waals surface area contributed by atoms with Gasteiger partial charge in [-0.3, -0.25) is 4.79 Å². The lowest BCUT2D eigenvalue weighted by atomic mass is 10.0. The van der Waals surface area contributed by atoms with Crippen LogP contribution in [0.4, 0.5) is 20.2 Å². The van der Waals surface area contributed by atoms with Crippen molar-refractivity contribution >= 4 is 28.3 Å². The zero-order chi connectivity index (χ0) is 20.5. The molecule has 1 fully saturated rings. The molecule has 7 heteroatoms. The van der Waals surface area contributed by atoms with Crippen molar-refractivity contribution in [3.8, 4) is 0 Å². The Morgan fingerprint density at radius 2 is 1.93 bits per heavy atom. The molecule has 1 amide bonds. The maximum Gasteiger partial charge on any atom is 0.257 e. The molecule has 3 heterocycles. The number of halogens is 2. The van der Waals surface area contributed by atoms with Crippen LogP contribution in [0, 0.1) is 18.6 Å². The minimum absolute atomic E-state index is 0.127. The molecule has 1 atom stereocenters. The normalized spacial score (nSPS) is 16.8. The van der Waals surface area contributed by atoms with Gasteiger partial charge < -0.3 is 10.2 Å². The van der Waals surface area contributed by atoms with Crippen LogP contribution in [0.5, 0.6) is 0 Å². The van der Waals surface area contributed by atoms with E-state index >= 15 is 0 Å². The van der Waals surface area contributed by atoms with Crippen LogP contribution in [0.1, 0.15) is 42.2 Å². The van der Waals surface area contributed by atoms with Crippen LogP contribution in [0.15, 0.2) is 36.5 Å². The fourth-order valence-corrected chi connectivity index (χ4v) is 3.79. The molecule has 0 radical (unpaired) electrons. The molecule has 1 saturated heterocycles. The maximum absolute atomic E-state index is 13.7. The van der Waals surface area contributed by atoms with E-state index in [9.17, 15) is 13.6 Å². The number of hydrogen-bond donors (Lipinski definition) is 1. The minimum Gasteiger partial charge on any atom is -0.354 e. The van der Waals surface area contributed by atoms with E-state index in [1.54, 1.807) is 0 Å². The van der Waals surface area contributed by atoms with Crippen LogP contribution < -0.4 is 5.32 Å². The van der Waals surface area contributed by atoms with Crippen LogP contribution in [-0.2, 0) is 0 Å². The number of carbonyl (C=O) groups is 1. The molecule has 1 aromatic carbocycles. The van der Waals surface area contributed by atoms with Gasteiger partial charge in [-0.15, -0.1) is 0 Å². The highest BCUT2D eigenvalue weighted by molar-refractivity contribution is 6.07. The summed E-state index contributed by atoms with van der Waals surface area (Å²) in [5, 5.41) is 3.67. The van der Waals surface area contributed by atoms with Gasteiger partial charge in [-0.25, -0.2) is 18.7 Å². The summed E-state index contributed by atoms with van der Waals surface area (Å²) in [6.45, 7) is 4.56. The third kappa shape index (κ3) is 3.90. The molecule has 1 aliphatic rings. The second kappa shape index (κ2) is 7.73. The number of fused-ring (bicyclic) bond motifs is 1. The number of aromatic nitrogens is 2. The van der Waals surface area contributed by atoms with E-state index in [1.165, 1.54) is 18.3 Å². The zero-order valence-electron chi connectivity index (χ0n) is 16.4. The molecular weight excluding hydrogens is 374 g/mol. The fraction of sp³-hybridized carbons (Fsp3) is 0.318. The topological polar surface area (TPSA) is 58.1 Å². The number of piperidine rings is 1. The first-order valence-electron chi connectivity index (χ1n) is 9.73. The predicted octanol–water partition coefficient (Wildman–Crippen LogP) is 4.97. The Balaban J connectivity index is 1.84. The molecule has 1 aliphatic heterocycles. The molecule has 3 aromatic rings. The zero-order valence-corrected chi connectivity index (χ0v) is 16.4. The number of amides is 1. The Hall–Kier alpha value is -3.09. The second-order valence-corrected chi connectivity index (χ2v) is 7.50. The summed E-state index contributed by atoms with van der Waals surface area (Å²) in [7, 11) is 0. The lowest BCUT2D eigenvalue weighted by Crippen LogP contribution is -2.42. The van der Waals surface area contributed by atoms with E-state index in [1.807, 2.05) is 30.9 Å². The van der Waals surface area contributed by atoms with Crippen LogP contribution >= 0.6 is 0 Å². The van der Waals surface area contributed by atoms with Crippen molar-refractivity contribution in [1.29, 1.82) is 0 Å². The molecule has 0 bridgehead atoms. The lowest BCUT2D eigenvalue weighted by molar-refractivity contribution is 0.0636. The van der Waals surface area contributed by atoms with Crippen molar-refractivity contribution in [3.05, 3.63) is 59.4 Å².